The summed E-state index contributed by atoms with van der Waals surface area (Å²) in [7, 11) is 1.69. The van der Waals surface area contributed by atoms with Gasteiger partial charge in [0.2, 0.25) is 0 Å². The molecule has 0 aromatic heterocycles. The van der Waals surface area contributed by atoms with Crippen molar-refractivity contribution in [1.82, 2.24) is 5.32 Å². The molecule has 1 heterocycles. The molecule has 25 heavy (non-hydrogen) atoms. The van der Waals surface area contributed by atoms with Gasteiger partial charge in [0, 0.05) is 35.8 Å². The van der Waals surface area contributed by atoms with Crippen LogP contribution in [-0.2, 0) is 10.2 Å². The van der Waals surface area contributed by atoms with Crippen LogP contribution in [-0.4, -0.2) is 39.4 Å². The Bertz CT molecular complexity index is 611. The molecule has 0 atom stereocenters. The summed E-state index contributed by atoms with van der Waals surface area (Å²) in [5.41, 5.74) is 7.05. The molecular weight excluding hydrogens is 338 g/mol. The molecule has 0 bridgehead atoms. The monoisotopic (exact) mass is 365 g/mol. The molecular formula is C19H28ClN3O2. The summed E-state index contributed by atoms with van der Waals surface area (Å²) in [5, 5.41) is 3.98. The predicted molar refractivity (Wildman–Crippen MR) is 102 cm³/mol. The quantitative estimate of drug-likeness (QED) is 0.600. The van der Waals surface area contributed by atoms with Crippen molar-refractivity contribution in [3.05, 3.63) is 28.8 Å². The number of benzene rings is 1. The summed E-state index contributed by atoms with van der Waals surface area (Å²) >= 11 is 6.26. The molecule has 1 saturated carbocycles. The number of ether oxygens (including phenoxy) is 2. The topological polar surface area (TPSA) is 68.9 Å². The Balaban J connectivity index is 1.77. The first-order chi connectivity index (χ1) is 12.1. The second-order valence-corrected chi connectivity index (χ2v) is 7.55. The Hall–Kier alpha value is -1.46. The zero-order valence-electron chi connectivity index (χ0n) is 14.9. The summed E-state index contributed by atoms with van der Waals surface area (Å²) in [6.07, 6.45) is 5.68. The average molecular weight is 366 g/mol. The van der Waals surface area contributed by atoms with Gasteiger partial charge < -0.3 is 20.5 Å². The molecule has 138 valence electrons. The molecule has 3 N–H and O–H groups in total. The van der Waals surface area contributed by atoms with Crippen molar-refractivity contribution in [2.24, 2.45) is 16.6 Å². The van der Waals surface area contributed by atoms with E-state index in [1.165, 1.54) is 19.3 Å². The molecule has 0 unspecified atom stereocenters. The van der Waals surface area contributed by atoms with Crippen LogP contribution in [0, 0.1) is 5.92 Å². The molecule has 0 radical (unpaired) electrons. The van der Waals surface area contributed by atoms with Gasteiger partial charge in [-0.1, -0.05) is 18.0 Å². The molecule has 1 aliphatic carbocycles. The normalized spacial score (nSPS) is 20.8. The number of guanidine groups is 1. The highest BCUT2D eigenvalue weighted by Crippen LogP contribution is 2.41. The number of nitrogens with one attached hydrogen (secondary N) is 1. The summed E-state index contributed by atoms with van der Waals surface area (Å²) in [6, 6.07) is 5.78. The van der Waals surface area contributed by atoms with Gasteiger partial charge in [-0.2, -0.15) is 0 Å². The van der Waals surface area contributed by atoms with Crippen LogP contribution in [0.1, 0.15) is 37.7 Å². The Morgan fingerprint density at radius 1 is 1.40 bits per heavy atom. The Morgan fingerprint density at radius 2 is 2.16 bits per heavy atom. The van der Waals surface area contributed by atoms with E-state index in [2.05, 4.69) is 10.3 Å². The predicted octanol–water partition coefficient (Wildman–Crippen LogP) is 3.10. The van der Waals surface area contributed by atoms with Crippen molar-refractivity contribution < 1.29 is 9.47 Å². The molecule has 0 amide bonds. The number of aliphatic imine (C=N–C) groups is 1. The van der Waals surface area contributed by atoms with E-state index >= 15 is 0 Å². The molecule has 5 nitrogen and oxygen atoms in total. The van der Waals surface area contributed by atoms with E-state index in [4.69, 9.17) is 26.8 Å². The van der Waals surface area contributed by atoms with Crippen LogP contribution in [0.2, 0.25) is 5.02 Å². The van der Waals surface area contributed by atoms with Gasteiger partial charge in [-0.25, -0.2) is 0 Å². The molecule has 1 saturated heterocycles. The molecule has 6 heteroatoms. The third-order valence-electron chi connectivity index (χ3n) is 5.53. The Morgan fingerprint density at radius 3 is 2.80 bits per heavy atom. The van der Waals surface area contributed by atoms with Gasteiger partial charge in [-0.15, -0.1) is 0 Å². The number of nitrogens with two attached hydrogens (primary N) is 1. The number of hydrogen-bond donors (Lipinski definition) is 2. The summed E-state index contributed by atoms with van der Waals surface area (Å²) in [6.45, 7) is 2.95. The lowest BCUT2D eigenvalue weighted by Crippen LogP contribution is -2.41. The fraction of sp³-hybridized carbons (Fsp3) is 0.632. The van der Waals surface area contributed by atoms with E-state index in [9.17, 15) is 0 Å². The maximum Gasteiger partial charge on any atom is 0.188 e. The van der Waals surface area contributed by atoms with E-state index in [0.717, 1.165) is 36.6 Å². The summed E-state index contributed by atoms with van der Waals surface area (Å²) in [5.74, 6) is 2.13. The molecule has 3 rings (SSSR count). The van der Waals surface area contributed by atoms with Gasteiger partial charge in [0.25, 0.3) is 0 Å². The average Bonchev–Trinajstić information content (AvgIpc) is 2.59. The molecule has 1 aliphatic heterocycles. The largest absolute Gasteiger partial charge is 0.496 e. The molecule has 2 aliphatic rings. The molecule has 1 aromatic carbocycles. The zero-order valence-corrected chi connectivity index (χ0v) is 15.6. The zero-order chi connectivity index (χ0) is 17.7. The first kappa shape index (κ1) is 18.3. The minimum atomic E-state index is -0.155. The van der Waals surface area contributed by atoms with Crippen LogP contribution in [0.15, 0.2) is 23.2 Å². The number of rotatable bonds is 6. The van der Waals surface area contributed by atoms with Crippen molar-refractivity contribution in [2.45, 2.75) is 37.5 Å². The number of methoxy groups -OCH3 is 1. The van der Waals surface area contributed by atoms with E-state index in [1.807, 2.05) is 18.2 Å². The highest BCUT2D eigenvalue weighted by Gasteiger charge is 2.37. The van der Waals surface area contributed by atoms with Crippen molar-refractivity contribution in [3.63, 3.8) is 0 Å². The van der Waals surface area contributed by atoms with Crippen molar-refractivity contribution in [3.8, 4) is 5.75 Å². The SMILES string of the molecule is COc1ccc(Cl)cc1C1(CN=C(N)NCC2CCC2)CCOCC1. The Kier molecular flexibility index (Phi) is 6.07. The van der Waals surface area contributed by atoms with Gasteiger partial charge in [-0.3, -0.25) is 4.99 Å². The van der Waals surface area contributed by atoms with E-state index in [-0.39, 0.29) is 5.41 Å². The maximum absolute atomic E-state index is 6.26. The smallest absolute Gasteiger partial charge is 0.188 e. The maximum atomic E-state index is 6.26. The molecule has 2 fully saturated rings. The van der Waals surface area contributed by atoms with Gasteiger partial charge in [0.15, 0.2) is 5.96 Å². The first-order valence-electron chi connectivity index (χ1n) is 9.08. The third-order valence-corrected chi connectivity index (χ3v) is 5.77. The third kappa shape index (κ3) is 4.39. The Labute approximate surface area is 154 Å². The fourth-order valence-electron chi connectivity index (χ4n) is 3.61. The van der Waals surface area contributed by atoms with Gasteiger partial charge in [0.05, 0.1) is 13.7 Å². The van der Waals surface area contributed by atoms with Crippen LogP contribution in [0.25, 0.3) is 0 Å². The first-order valence-corrected chi connectivity index (χ1v) is 9.46. The van der Waals surface area contributed by atoms with Gasteiger partial charge >= 0.3 is 0 Å². The van der Waals surface area contributed by atoms with Crippen molar-refractivity contribution in [2.75, 3.05) is 33.4 Å². The number of nitrogens with zero attached hydrogens (tertiary/aromatic N) is 1. The van der Waals surface area contributed by atoms with Crippen LogP contribution < -0.4 is 15.8 Å². The van der Waals surface area contributed by atoms with Crippen LogP contribution in [0.4, 0.5) is 0 Å². The minimum absolute atomic E-state index is 0.155. The van der Waals surface area contributed by atoms with Crippen molar-refractivity contribution >= 4 is 17.6 Å². The van der Waals surface area contributed by atoms with Gasteiger partial charge in [0.1, 0.15) is 5.75 Å². The minimum Gasteiger partial charge on any atom is -0.496 e. The summed E-state index contributed by atoms with van der Waals surface area (Å²) in [4.78, 5) is 4.66. The lowest BCUT2D eigenvalue weighted by molar-refractivity contribution is 0.0523. The second kappa shape index (κ2) is 8.28. The summed E-state index contributed by atoms with van der Waals surface area (Å²) < 4.78 is 11.2. The fourth-order valence-corrected chi connectivity index (χ4v) is 3.78. The lowest BCUT2D eigenvalue weighted by Gasteiger charge is -2.37. The van der Waals surface area contributed by atoms with Gasteiger partial charge in [-0.05, 0) is 49.8 Å². The number of halogens is 1. The van der Waals surface area contributed by atoms with Crippen LogP contribution in [0.3, 0.4) is 0 Å². The van der Waals surface area contributed by atoms with Crippen LogP contribution >= 0.6 is 11.6 Å². The second-order valence-electron chi connectivity index (χ2n) is 7.12. The standard InChI is InChI=1S/C19H28ClN3O2/c1-24-17-6-5-15(20)11-16(17)19(7-9-25-10-8-19)13-23-18(21)22-12-14-3-2-4-14/h5-6,11,14H,2-4,7-10,12-13H2,1H3,(H3,21,22,23). The van der Waals surface area contributed by atoms with Crippen molar-refractivity contribution in [1.29, 1.82) is 0 Å². The molecule has 0 spiro atoms. The van der Waals surface area contributed by atoms with Crippen LogP contribution in [0.5, 0.6) is 5.75 Å². The molecule has 1 aromatic rings. The highest BCUT2D eigenvalue weighted by atomic mass is 35.5. The van der Waals surface area contributed by atoms with E-state index in [1.54, 1.807) is 7.11 Å². The van der Waals surface area contributed by atoms with E-state index in [0.29, 0.717) is 30.7 Å². The highest BCUT2D eigenvalue weighted by molar-refractivity contribution is 6.30. The lowest BCUT2D eigenvalue weighted by atomic mass is 9.73. The van der Waals surface area contributed by atoms with E-state index < -0.39 is 0 Å². The number of hydrogen-bond acceptors (Lipinski definition) is 3.